The van der Waals surface area contributed by atoms with Crippen molar-refractivity contribution >= 4 is 23.4 Å². The second-order valence-electron chi connectivity index (χ2n) is 4.00. The predicted molar refractivity (Wildman–Crippen MR) is 70.0 cm³/mol. The monoisotopic (exact) mass is 264 g/mol. The Hall–Kier alpha value is -2.57. The van der Waals surface area contributed by atoms with Crippen LogP contribution in [-0.4, -0.2) is 30.3 Å². The molecule has 102 valence electrons. The fraction of sp³-hybridized carbons (Fsp3) is 0.250. The van der Waals surface area contributed by atoms with Crippen LogP contribution in [0.3, 0.4) is 0 Å². The van der Waals surface area contributed by atoms with Crippen LogP contribution < -0.4 is 22.1 Å². The smallest absolute Gasteiger partial charge is 0.251 e. The lowest BCUT2D eigenvalue weighted by molar-refractivity contribution is -0.126. The topological polar surface area (TPSA) is 127 Å². The third kappa shape index (κ3) is 4.66. The van der Waals surface area contributed by atoms with E-state index in [0.29, 0.717) is 11.3 Å². The molecule has 0 aliphatic rings. The molecule has 0 bridgehead atoms. The largest absolute Gasteiger partial charge is 0.399 e. The molecule has 0 spiro atoms. The molecule has 1 aromatic rings. The summed E-state index contributed by atoms with van der Waals surface area (Å²) in [6, 6.07) is 5.50. The molecule has 1 aromatic carbocycles. The van der Waals surface area contributed by atoms with Gasteiger partial charge in [-0.1, -0.05) is 0 Å². The van der Waals surface area contributed by atoms with Crippen molar-refractivity contribution in [1.29, 1.82) is 0 Å². The van der Waals surface area contributed by atoms with E-state index >= 15 is 0 Å². The van der Waals surface area contributed by atoms with Crippen molar-refractivity contribution in [2.24, 2.45) is 5.73 Å². The van der Waals surface area contributed by atoms with Crippen LogP contribution in [0.1, 0.15) is 17.3 Å². The summed E-state index contributed by atoms with van der Waals surface area (Å²) in [5.74, 6) is -1.53. The fourth-order valence-electron chi connectivity index (χ4n) is 1.26. The maximum absolute atomic E-state index is 11.7. The van der Waals surface area contributed by atoms with Crippen LogP contribution in [0.15, 0.2) is 24.3 Å². The summed E-state index contributed by atoms with van der Waals surface area (Å²) in [4.78, 5) is 33.8. The lowest BCUT2D eigenvalue weighted by atomic mass is 10.2. The Morgan fingerprint density at radius 2 is 1.79 bits per heavy atom. The average molecular weight is 264 g/mol. The molecule has 1 unspecified atom stereocenters. The summed E-state index contributed by atoms with van der Waals surface area (Å²) in [6.07, 6.45) is 0. The summed E-state index contributed by atoms with van der Waals surface area (Å²) < 4.78 is 0. The Morgan fingerprint density at radius 1 is 1.21 bits per heavy atom. The number of rotatable bonds is 5. The highest BCUT2D eigenvalue weighted by molar-refractivity contribution is 5.97. The lowest BCUT2D eigenvalue weighted by Crippen LogP contribution is -2.46. The first-order valence-corrected chi connectivity index (χ1v) is 5.62. The van der Waals surface area contributed by atoms with Crippen LogP contribution in [0, 0.1) is 0 Å². The van der Waals surface area contributed by atoms with Gasteiger partial charge in [-0.25, -0.2) is 0 Å². The minimum absolute atomic E-state index is 0.235. The van der Waals surface area contributed by atoms with E-state index in [0.717, 1.165) is 0 Å². The number of primary amides is 1. The van der Waals surface area contributed by atoms with Gasteiger partial charge in [-0.2, -0.15) is 0 Å². The third-order valence-corrected chi connectivity index (χ3v) is 2.39. The first-order chi connectivity index (χ1) is 8.90. The molecule has 1 rings (SSSR count). The molecule has 0 saturated carbocycles. The molecule has 6 N–H and O–H groups in total. The van der Waals surface area contributed by atoms with Gasteiger partial charge in [0.1, 0.15) is 6.04 Å². The van der Waals surface area contributed by atoms with Crippen molar-refractivity contribution in [2.75, 3.05) is 12.3 Å². The van der Waals surface area contributed by atoms with E-state index in [1.165, 1.54) is 6.92 Å². The van der Waals surface area contributed by atoms with Gasteiger partial charge in [0.25, 0.3) is 5.91 Å². The van der Waals surface area contributed by atoms with Crippen LogP contribution in [0.4, 0.5) is 5.69 Å². The van der Waals surface area contributed by atoms with Crippen molar-refractivity contribution in [3.8, 4) is 0 Å². The van der Waals surface area contributed by atoms with E-state index in [9.17, 15) is 14.4 Å². The van der Waals surface area contributed by atoms with Gasteiger partial charge < -0.3 is 22.1 Å². The van der Waals surface area contributed by atoms with Gasteiger partial charge in [-0.3, -0.25) is 14.4 Å². The van der Waals surface area contributed by atoms with E-state index in [2.05, 4.69) is 10.6 Å². The number of nitrogens with two attached hydrogens (primary N) is 2. The Morgan fingerprint density at radius 3 is 2.32 bits per heavy atom. The molecule has 0 fully saturated rings. The molecule has 0 aliphatic carbocycles. The third-order valence-electron chi connectivity index (χ3n) is 2.39. The van der Waals surface area contributed by atoms with Crippen molar-refractivity contribution < 1.29 is 14.4 Å². The van der Waals surface area contributed by atoms with Crippen molar-refractivity contribution in [1.82, 2.24) is 10.6 Å². The number of benzene rings is 1. The first kappa shape index (κ1) is 14.5. The predicted octanol–water partition coefficient (Wildman–Crippen LogP) is -1.01. The molecule has 0 aromatic heterocycles. The van der Waals surface area contributed by atoms with Crippen LogP contribution in [0.2, 0.25) is 0 Å². The Kier molecular flexibility index (Phi) is 4.87. The maximum Gasteiger partial charge on any atom is 0.251 e. The summed E-state index contributed by atoms with van der Waals surface area (Å²) in [5.41, 5.74) is 11.4. The fourth-order valence-corrected chi connectivity index (χ4v) is 1.26. The van der Waals surface area contributed by atoms with E-state index < -0.39 is 23.8 Å². The number of hydrogen-bond acceptors (Lipinski definition) is 4. The molecule has 19 heavy (non-hydrogen) atoms. The highest BCUT2D eigenvalue weighted by atomic mass is 16.2. The van der Waals surface area contributed by atoms with E-state index in [1.54, 1.807) is 24.3 Å². The minimum atomic E-state index is -0.777. The van der Waals surface area contributed by atoms with Crippen LogP contribution in [0.25, 0.3) is 0 Å². The number of carbonyl (C=O) groups excluding carboxylic acids is 3. The second kappa shape index (κ2) is 6.39. The van der Waals surface area contributed by atoms with E-state index in [-0.39, 0.29) is 6.54 Å². The molecule has 0 heterocycles. The zero-order valence-corrected chi connectivity index (χ0v) is 10.5. The van der Waals surface area contributed by atoms with Gasteiger partial charge in [0, 0.05) is 11.3 Å². The summed E-state index contributed by atoms with van der Waals surface area (Å²) in [6.45, 7) is 1.23. The SMILES string of the molecule is CC(NC(=O)CNC(=O)c1ccc(N)cc1)C(N)=O. The van der Waals surface area contributed by atoms with E-state index in [1.807, 2.05) is 0 Å². The number of anilines is 1. The molecule has 1 atom stereocenters. The highest BCUT2D eigenvalue weighted by Gasteiger charge is 2.13. The van der Waals surface area contributed by atoms with Gasteiger partial charge in [0.05, 0.1) is 6.54 Å². The van der Waals surface area contributed by atoms with Gasteiger partial charge in [0.2, 0.25) is 11.8 Å². The number of nitrogens with one attached hydrogen (secondary N) is 2. The summed E-state index contributed by atoms with van der Waals surface area (Å²) >= 11 is 0. The zero-order valence-electron chi connectivity index (χ0n) is 10.5. The number of amides is 3. The molecule has 3 amide bonds. The van der Waals surface area contributed by atoms with Gasteiger partial charge in [-0.15, -0.1) is 0 Å². The van der Waals surface area contributed by atoms with E-state index in [4.69, 9.17) is 11.5 Å². The molecule has 0 saturated heterocycles. The molecule has 0 aliphatic heterocycles. The number of nitrogen functional groups attached to an aromatic ring is 1. The Balaban J connectivity index is 2.44. The summed E-state index contributed by atoms with van der Waals surface area (Å²) in [5, 5.41) is 4.77. The summed E-state index contributed by atoms with van der Waals surface area (Å²) in [7, 11) is 0. The molecule has 7 heteroatoms. The average Bonchev–Trinajstić information content (AvgIpc) is 2.36. The normalized spacial score (nSPS) is 11.4. The quantitative estimate of drug-likeness (QED) is 0.508. The van der Waals surface area contributed by atoms with Crippen LogP contribution in [0.5, 0.6) is 0 Å². The number of hydrogen-bond donors (Lipinski definition) is 4. The molecule has 7 nitrogen and oxygen atoms in total. The van der Waals surface area contributed by atoms with Crippen molar-refractivity contribution in [3.63, 3.8) is 0 Å². The zero-order chi connectivity index (χ0) is 14.4. The number of carbonyl (C=O) groups is 3. The standard InChI is InChI=1S/C12H16N4O3/c1-7(11(14)18)16-10(17)6-15-12(19)8-2-4-9(13)5-3-8/h2-5,7H,6,13H2,1H3,(H2,14,18)(H,15,19)(H,16,17). The van der Waals surface area contributed by atoms with Gasteiger partial charge in [0.15, 0.2) is 0 Å². The highest BCUT2D eigenvalue weighted by Crippen LogP contribution is 2.04. The molecular formula is C12H16N4O3. The maximum atomic E-state index is 11.7. The first-order valence-electron chi connectivity index (χ1n) is 5.62. The molecule has 0 radical (unpaired) electrons. The molecular weight excluding hydrogens is 248 g/mol. The lowest BCUT2D eigenvalue weighted by Gasteiger charge is -2.10. The second-order valence-corrected chi connectivity index (χ2v) is 4.00. The Bertz CT molecular complexity index is 484. The van der Waals surface area contributed by atoms with Gasteiger partial charge >= 0.3 is 0 Å². The minimum Gasteiger partial charge on any atom is -0.399 e. The van der Waals surface area contributed by atoms with Crippen molar-refractivity contribution in [2.45, 2.75) is 13.0 Å². The van der Waals surface area contributed by atoms with Crippen LogP contribution in [-0.2, 0) is 9.59 Å². The Labute approximate surface area is 110 Å². The van der Waals surface area contributed by atoms with Gasteiger partial charge in [-0.05, 0) is 31.2 Å². The van der Waals surface area contributed by atoms with Crippen molar-refractivity contribution in [3.05, 3.63) is 29.8 Å². The van der Waals surface area contributed by atoms with Crippen LogP contribution >= 0.6 is 0 Å².